The molecular formula is C13H12O2. The van der Waals surface area contributed by atoms with E-state index in [0.717, 1.165) is 5.56 Å². The Labute approximate surface area is 89.3 Å². The molecule has 1 aromatic rings. The standard InChI is InChI=1S/C13H12O2/c1-15-13(14)12-8-6-11(7-9-12)5-4-10-2-3-10/h6-10H,2-3H2,1H3. The molecule has 0 aliphatic heterocycles. The normalized spacial score (nSPS) is 13.9. The van der Waals surface area contributed by atoms with Crippen LogP contribution in [0.3, 0.4) is 0 Å². The van der Waals surface area contributed by atoms with E-state index in [-0.39, 0.29) is 5.97 Å². The van der Waals surface area contributed by atoms with Crippen LogP contribution >= 0.6 is 0 Å². The van der Waals surface area contributed by atoms with Gasteiger partial charge in [-0.1, -0.05) is 11.8 Å². The van der Waals surface area contributed by atoms with Crippen molar-refractivity contribution >= 4 is 5.97 Å². The molecular weight excluding hydrogens is 188 g/mol. The SMILES string of the molecule is COC(=O)c1ccc(C#CC2CC2)cc1. The van der Waals surface area contributed by atoms with Gasteiger partial charge in [0.1, 0.15) is 0 Å². The average molecular weight is 200 g/mol. The smallest absolute Gasteiger partial charge is 0.337 e. The summed E-state index contributed by atoms with van der Waals surface area (Å²) in [4.78, 5) is 11.1. The fourth-order valence-electron chi connectivity index (χ4n) is 1.22. The number of ether oxygens (including phenoxy) is 1. The first-order chi connectivity index (χ1) is 7.29. The molecule has 76 valence electrons. The van der Waals surface area contributed by atoms with E-state index >= 15 is 0 Å². The molecule has 0 bridgehead atoms. The molecule has 1 aromatic carbocycles. The fourth-order valence-corrected chi connectivity index (χ4v) is 1.22. The van der Waals surface area contributed by atoms with Crippen molar-refractivity contribution < 1.29 is 9.53 Å². The Morgan fingerprint density at radius 3 is 2.53 bits per heavy atom. The van der Waals surface area contributed by atoms with Crippen molar-refractivity contribution in [3.05, 3.63) is 35.4 Å². The fraction of sp³-hybridized carbons (Fsp3) is 0.308. The summed E-state index contributed by atoms with van der Waals surface area (Å²) in [5, 5.41) is 0. The van der Waals surface area contributed by atoms with Crippen LogP contribution in [0.25, 0.3) is 0 Å². The van der Waals surface area contributed by atoms with E-state index in [1.165, 1.54) is 20.0 Å². The summed E-state index contributed by atoms with van der Waals surface area (Å²) < 4.78 is 4.61. The van der Waals surface area contributed by atoms with E-state index in [1.807, 2.05) is 12.1 Å². The van der Waals surface area contributed by atoms with Crippen LogP contribution in [0.1, 0.15) is 28.8 Å². The average Bonchev–Trinajstić information content (AvgIpc) is 3.10. The van der Waals surface area contributed by atoms with Crippen molar-refractivity contribution in [2.45, 2.75) is 12.8 Å². The van der Waals surface area contributed by atoms with E-state index in [4.69, 9.17) is 0 Å². The minimum absolute atomic E-state index is 0.309. The first-order valence-electron chi connectivity index (χ1n) is 4.99. The van der Waals surface area contributed by atoms with Gasteiger partial charge in [-0.2, -0.15) is 0 Å². The lowest BCUT2D eigenvalue weighted by molar-refractivity contribution is 0.0601. The topological polar surface area (TPSA) is 26.3 Å². The number of carbonyl (C=O) groups excluding carboxylic acids is 1. The summed E-state index contributed by atoms with van der Waals surface area (Å²) in [7, 11) is 1.38. The molecule has 0 aromatic heterocycles. The second kappa shape index (κ2) is 4.18. The number of hydrogen-bond donors (Lipinski definition) is 0. The minimum Gasteiger partial charge on any atom is -0.465 e. The van der Waals surface area contributed by atoms with Crippen LogP contribution in [0.5, 0.6) is 0 Å². The van der Waals surface area contributed by atoms with Crippen LogP contribution in [-0.2, 0) is 4.74 Å². The second-order valence-corrected chi connectivity index (χ2v) is 3.61. The first-order valence-corrected chi connectivity index (χ1v) is 4.99. The van der Waals surface area contributed by atoms with Gasteiger partial charge in [0.05, 0.1) is 12.7 Å². The maximum atomic E-state index is 11.1. The quantitative estimate of drug-likeness (QED) is 0.513. The molecule has 1 aliphatic rings. The van der Waals surface area contributed by atoms with Crippen LogP contribution in [0.2, 0.25) is 0 Å². The Bertz CT molecular complexity index is 416. The molecule has 1 saturated carbocycles. The molecule has 15 heavy (non-hydrogen) atoms. The molecule has 0 amide bonds. The molecule has 0 radical (unpaired) electrons. The van der Waals surface area contributed by atoms with Crippen molar-refractivity contribution in [3.8, 4) is 11.8 Å². The Kier molecular flexibility index (Phi) is 2.73. The lowest BCUT2D eigenvalue weighted by Crippen LogP contribution is -2.00. The largest absolute Gasteiger partial charge is 0.465 e. The highest BCUT2D eigenvalue weighted by Crippen LogP contribution is 2.27. The summed E-state index contributed by atoms with van der Waals surface area (Å²) >= 11 is 0. The molecule has 0 saturated heterocycles. The molecule has 2 rings (SSSR count). The number of rotatable bonds is 1. The number of hydrogen-bond acceptors (Lipinski definition) is 2. The predicted octanol–water partition coefficient (Wildman–Crippen LogP) is 2.23. The lowest BCUT2D eigenvalue weighted by Gasteiger charge is -1.97. The number of benzene rings is 1. The Balaban J connectivity index is 2.10. The Morgan fingerprint density at radius 2 is 2.00 bits per heavy atom. The highest BCUT2D eigenvalue weighted by atomic mass is 16.5. The zero-order valence-electron chi connectivity index (χ0n) is 8.62. The van der Waals surface area contributed by atoms with Gasteiger partial charge in [0.2, 0.25) is 0 Å². The molecule has 2 heteroatoms. The second-order valence-electron chi connectivity index (χ2n) is 3.61. The predicted molar refractivity (Wildman–Crippen MR) is 57.4 cm³/mol. The van der Waals surface area contributed by atoms with Crippen molar-refractivity contribution in [3.63, 3.8) is 0 Å². The molecule has 1 aliphatic carbocycles. The summed E-state index contributed by atoms with van der Waals surface area (Å²) in [5.74, 6) is 6.55. The monoisotopic (exact) mass is 200 g/mol. The molecule has 2 nitrogen and oxygen atoms in total. The molecule has 0 N–H and O–H groups in total. The highest BCUT2D eigenvalue weighted by Gasteiger charge is 2.17. The van der Waals surface area contributed by atoms with E-state index in [9.17, 15) is 4.79 Å². The Hall–Kier alpha value is -1.75. The van der Waals surface area contributed by atoms with Gasteiger partial charge in [-0.15, -0.1) is 0 Å². The van der Waals surface area contributed by atoms with Gasteiger partial charge < -0.3 is 4.74 Å². The van der Waals surface area contributed by atoms with Crippen molar-refractivity contribution in [2.24, 2.45) is 5.92 Å². The summed E-state index contributed by atoms with van der Waals surface area (Å²) in [6, 6.07) is 7.18. The van der Waals surface area contributed by atoms with Gasteiger partial charge in [-0.05, 0) is 37.1 Å². The van der Waals surface area contributed by atoms with E-state index in [0.29, 0.717) is 11.5 Å². The maximum Gasteiger partial charge on any atom is 0.337 e. The van der Waals surface area contributed by atoms with Gasteiger partial charge in [0, 0.05) is 11.5 Å². The molecule has 0 spiro atoms. The van der Waals surface area contributed by atoms with Gasteiger partial charge in [-0.25, -0.2) is 4.79 Å². The third-order valence-electron chi connectivity index (χ3n) is 2.30. The third-order valence-corrected chi connectivity index (χ3v) is 2.30. The van der Waals surface area contributed by atoms with Gasteiger partial charge >= 0.3 is 5.97 Å². The van der Waals surface area contributed by atoms with E-state index < -0.39 is 0 Å². The molecule has 0 unspecified atom stereocenters. The van der Waals surface area contributed by atoms with Gasteiger partial charge in [0.25, 0.3) is 0 Å². The van der Waals surface area contributed by atoms with Crippen LogP contribution in [0.4, 0.5) is 0 Å². The first kappa shape index (κ1) is 9.79. The van der Waals surface area contributed by atoms with Crippen molar-refractivity contribution in [2.75, 3.05) is 7.11 Å². The number of carbonyl (C=O) groups is 1. The van der Waals surface area contributed by atoms with Crippen molar-refractivity contribution in [1.82, 2.24) is 0 Å². The summed E-state index contributed by atoms with van der Waals surface area (Å²) in [6.07, 6.45) is 2.46. The summed E-state index contributed by atoms with van der Waals surface area (Å²) in [6.45, 7) is 0. The number of esters is 1. The van der Waals surface area contributed by atoms with Crippen LogP contribution in [0.15, 0.2) is 24.3 Å². The molecule has 0 heterocycles. The zero-order chi connectivity index (χ0) is 10.7. The summed E-state index contributed by atoms with van der Waals surface area (Å²) in [5.41, 5.74) is 1.52. The lowest BCUT2D eigenvalue weighted by atomic mass is 10.1. The highest BCUT2D eigenvalue weighted by molar-refractivity contribution is 5.89. The van der Waals surface area contributed by atoms with Crippen molar-refractivity contribution in [1.29, 1.82) is 0 Å². The van der Waals surface area contributed by atoms with Gasteiger partial charge in [0.15, 0.2) is 0 Å². The van der Waals surface area contributed by atoms with E-state index in [2.05, 4.69) is 16.6 Å². The zero-order valence-corrected chi connectivity index (χ0v) is 8.62. The van der Waals surface area contributed by atoms with Crippen LogP contribution < -0.4 is 0 Å². The molecule has 1 fully saturated rings. The van der Waals surface area contributed by atoms with E-state index in [1.54, 1.807) is 12.1 Å². The van der Waals surface area contributed by atoms with Crippen LogP contribution in [0, 0.1) is 17.8 Å². The third kappa shape index (κ3) is 2.60. The Morgan fingerprint density at radius 1 is 1.33 bits per heavy atom. The number of methoxy groups -OCH3 is 1. The van der Waals surface area contributed by atoms with Gasteiger partial charge in [-0.3, -0.25) is 0 Å². The van der Waals surface area contributed by atoms with Crippen LogP contribution in [-0.4, -0.2) is 13.1 Å². The maximum absolute atomic E-state index is 11.1. The minimum atomic E-state index is -0.309. The molecule has 0 atom stereocenters.